The van der Waals surface area contributed by atoms with Crippen LogP contribution in [0.2, 0.25) is 5.02 Å². The minimum Gasteiger partial charge on any atom is -0.496 e. The van der Waals surface area contributed by atoms with Gasteiger partial charge in [0.15, 0.2) is 0 Å². The first-order valence-electron chi connectivity index (χ1n) is 8.05. The molecular formula is C20H15ClFNO4S. The van der Waals surface area contributed by atoms with Crippen molar-refractivity contribution < 1.29 is 23.5 Å². The molecule has 0 aliphatic heterocycles. The number of amides is 1. The molecule has 2 aromatic carbocycles. The number of carbonyl (C=O) groups excluding carboxylic acids is 2. The lowest BCUT2D eigenvalue weighted by Crippen LogP contribution is -2.15. The van der Waals surface area contributed by atoms with E-state index in [1.807, 2.05) is 0 Å². The van der Waals surface area contributed by atoms with Crippen LogP contribution in [0.15, 0.2) is 47.8 Å². The van der Waals surface area contributed by atoms with Gasteiger partial charge in [-0.3, -0.25) is 4.79 Å². The molecule has 8 heteroatoms. The maximum atomic E-state index is 13.2. The highest BCUT2D eigenvalue weighted by Crippen LogP contribution is 2.37. The molecule has 1 N–H and O–H groups in total. The molecule has 0 radical (unpaired) electrons. The predicted molar refractivity (Wildman–Crippen MR) is 107 cm³/mol. The molecule has 0 saturated carbocycles. The van der Waals surface area contributed by atoms with Crippen LogP contribution in [0.1, 0.15) is 20.7 Å². The van der Waals surface area contributed by atoms with Crippen molar-refractivity contribution in [1.82, 2.24) is 0 Å². The Kier molecular flexibility index (Phi) is 5.96. The number of carbonyl (C=O) groups is 2. The first-order chi connectivity index (χ1) is 13.4. The van der Waals surface area contributed by atoms with Crippen LogP contribution in [0.5, 0.6) is 5.75 Å². The topological polar surface area (TPSA) is 64.6 Å². The molecule has 28 heavy (non-hydrogen) atoms. The summed E-state index contributed by atoms with van der Waals surface area (Å²) in [5.41, 5.74) is 1.57. The Morgan fingerprint density at radius 1 is 1.11 bits per heavy atom. The predicted octanol–water partition coefficient (Wildman–Crippen LogP) is 5.26. The molecule has 0 saturated heterocycles. The van der Waals surface area contributed by atoms with E-state index < -0.39 is 11.9 Å². The van der Waals surface area contributed by atoms with Gasteiger partial charge in [0.1, 0.15) is 22.1 Å². The maximum Gasteiger partial charge on any atom is 0.341 e. The van der Waals surface area contributed by atoms with Crippen LogP contribution in [0, 0.1) is 5.82 Å². The Hall–Kier alpha value is -2.90. The molecule has 144 valence electrons. The summed E-state index contributed by atoms with van der Waals surface area (Å²) in [6.45, 7) is 0. The number of rotatable bonds is 5. The molecular weight excluding hydrogens is 405 g/mol. The summed E-state index contributed by atoms with van der Waals surface area (Å²) in [7, 11) is 2.69. The highest BCUT2D eigenvalue weighted by Gasteiger charge is 2.23. The minimum absolute atomic E-state index is 0.188. The van der Waals surface area contributed by atoms with Crippen LogP contribution < -0.4 is 10.1 Å². The number of esters is 1. The van der Waals surface area contributed by atoms with Crippen LogP contribution in [0.4, 0.5) is 9.39 Å². The van der Waals surface area contributed by atoms with E-state index in [2.05, 4.69) is 5.32 Å². The van der Waals surface area contributed by atoms with Crippen molar-refractivity contribution in [3.63, 3.8) is 0 Å². The highest BCUT2D eigenvalue weighted by atomic mass is 35.5. The fourth-order valence-electron chi connectivity index (χ4n) is 2.62. The lowest BCUT2D eigenvalue weighted by Gasteiger charge is -2.10. The van der Waals surface area contributed by atoms with Gasteiger partial charge in [-0.25, -0.2) is 9.18 Å². The van der Waals surface area contributed by atoms with Crippen molar-refractivity contribution in [2.75, 3.05) is 19.5 Å². The smallest absolute Gasteiger partial charge is 0.341 e. The fourth-order valence-corrected chi connectivity index (χ4v) is 3.75. The quantitative estimate of drug-likeness (QED) is 0.573. The van der Waals surface area contributed by atoms with E-state index in [1.165, 1.54) is 32.4 Å². The summed E-state index contributed by atoms with van der Waals surface area (Å²) in [6, 6.07) is 10.4. The number of thiophene rings is 1. The Morgan fingerprint density at radius 2 is 1.82 bits per heavy atom. The Bertz CT molecular complexity index is 1030. The van der Waals surface area contributed by atoms with E-state index in [1.54, 1.807) is 29.6 Å². The number of nitrogens with one attached hydrogen (secondary N) is 1. The number of ether oxygens (including phenoxy) is 2. The van der Waals surface area contributed by atoms with E-state index in [0.29, 0.717) is 26.9 Å². The SMILES string of the molecule is COC(=O)c1c(-c2ccc(F)cc2)csc1NC(=O)c1cc(Cl)ccc1OC. The van der Waals surface area contributed by atoms with Crippen molar-refractivity contribution in [2.24, 2.45) is 0 Å². The molecule has 3 rings (SSSR count). The van der Waals surface area contributed by atoms with Gasteiger partial charge in [0.25, 0.3) is 5.91 Å². The van der Waals surface area contributed by atoms with Crippen LogP contribution >= 0.6 is 22.9 Å². The summed E-state index contributed by atoms with van der Waals surface area (Å²) in [4.78, 5) is 25.1. The second-order valence-electron chi connectivity index (χ2n) is 5.65. The van der Waals surface area contributed by atoms with Crippen LogP contribution in [0.3, 0.4) is 0 Å². The molecule has 0 aliphatic rings. The summed E-state index contributed by atoms with van der Waals surface area (Å²) in [5, 5.41) is 5.09. The van der Waals surface area contributed by atoms with E-state index in [9.17, 15) is 14.0 Å². The molecule has 0 unspecified atom stereocenters. The zero-order valence-electron chi connectivity index (χ0n) is 14.9. The third kappa shape index (κ3) is 4.00. The standard InChI is InChI=1S/C20H15ClFNO4S/c1-26-16-8-5-12(21)9-14(16)18(24)23-19-17(20(25)27-2)15(10-28-19)11-3-6-13(22)7-4-11/h3-10H,1-2H3,(H,23,24). The van der Waals surface area contributed by atoms with E-state index >= 15 is 0 Å². The van der Waals surface area contributed by atoms with Crippen molar-refractivity contribution in [3.8, 4) is 16.9 Å². The Labute approximate surface area is 169 Å². The largest absolute Gasteiger partial charge is 0.496 e. The number of anilines is 1. The average molecular weight is 420 g/mol. The molecule has 0 atom stereocenters. The van der Waals surface area contributed by atoms with Gasteiger partial charge in [0, 0.05) is 16.0 Å². The third-order valence-corrected chi connectivity index (χ3v) is 5.10. The van der Waals surface area contributed by atoms with Gasteiger partial charge in [0.05, 0.1) is 19.8 Å². The molecule has 5 nitrogen and oxygen atoms in total. The zero-order chi connectivity index (χ0) is 20.3. The third-order valence-electron chi connectivity index (χ3n) is 3.97. The van der Waals surface area contributed by atoms with Crippen molar-refractivity contribution in [3.05, 3.63) is 69.8 Å². The first-order valence-corrected chi connectivity index (χ1v) is 9.31. The van der Waals surface area contributed by atoms with Gasteiger partial charge in [-0.05, 0) is 35.9 Å². The number of halogens is 2. The van der Waals surface area contributed by atoms with Gasteiger partial charge < -0.3 is 14.8 Å². The first kappa shape index (κ1) is 19.9. The number of benzene rings is 2. The molecule has 0 fully saturated rings. The van der Waals surface area contributed by atoms with Crippen LogP contribution in [-0.4, -0.2) is 26.1 Å². The molecule has 0 bridgehead atoms. The van der Waals surface area contributed by atoms with E-state index in [0.717, 1.165) is 11.3 Å². The zero-order valence-corrected chi connectivity index (χ0v) is 16.5. The van der Waals surface area contributed by atoms with E-state index in [-0.39, 0.29) is 16.9 Å². The fraction of sp³-hybridized carbons (Fsp3) is 0.100. The summed E-state index contributed by atoms with van der Waals surface area (Å²) >= 11 is 7.14. The van der Waals surface area contributed by atoms with Gasteiger partial charge in [-0.1, -0.05) is 23.7 Å². The van der Waals surface area contributed by atoms with E-state index in [4.69, 9.17) is 21.1 Å². The molecule has 0 aliphatic carbocycles. The van der Waals surface area contributed by atoms with Gasteiger partial charge in [-0.15, -0.1) is 11.3 Å². The highest BCUT2D eigenvalue weighted by molar-refractivity contribution is 7.15. The van der Waals surface area contributed by atoms with Gasteiger partial charge in [-0.2, -0.15) is 0 Å². The summed E-state index contributed by atoms with van der Waals surface area (Å²) < 4.78 is 23.3. The second kappa shape index (κ2) is 8.41. The number of methoxy groups -OCH3 is 2. The van der Waals surface area contributed by atoms with Crippen LogP contribution in [-0.2, 0) is 4.74 Å². The van der Waals surface area contributed by atoms with Crippen molar-refractivity contribution >= 4 is 39.8 Å². The normalized spacial score (nSPS) is 10.4. The number of hydrogen-bond acceptors (Lipinski definition) is 5. The molecule has 3 aromatic rings. The Balaban J connectivity index is 2.01. The minimum atomic E-state index is -0.617. The van der Waals surface area contributed by atoms with Gasteiger partial charge in [0.2, 0.25) is 0 Å². The molecule has 1 amide bonds. The number of hydrogen-bond donors (Lipinski definition) is 1. The van der Waals surface area contributed by atoms with Crippen molar-refractivity contribution in [1.29, 1.82) is 0 Å². The van der Waals surface area contributed by atoms with Crippen LogP contribution in [0.25, 0.3) is 11.1 Å². The Morgan fingerprint density at radius 3 is 2.46 bits per heavy atom. The second-order valence-corrected chi connectivity index (χ2v) is 6.97. The maximum absolute atomic E-state index is 13.2. The lowest BCUT2D eigenvalue weighted by atomic mass is 10.0. The monoisotopic (exact) mass is 419 g/mol. The summed E-state index contributed by atoms with van der Waals surface area (Å²) in [6.07, 6.45) is 0. The van der Waals surface area contributed by atoms with Crippen molar-refractivity contribution in [2.45, 2.75) is 0 Å². The average Bonchev–Trinajstić information content (AvgIpc) is 3.11. The molecule has 0 spiro atoms. The molecule has 1 aromatic heterocycles. The summed E-state index contributed by atoms with van der Waals surface area (Å²) in [5.74, 6) is -1.15. The van der Waals surface area contributed by atoms with Gasteiger partial charge >= 0.3 is 5.97 Å². The molecule has 1 heterocycles. The lowest BCUT2D eigenvalue weighted by molar-refractivity contribution is 0.0603.